The Bertz CT molecular complexity index is 1130. The fourth-order valence-electron chi connectivity index (χ4n) is 5.00. The number of pyridine rings is 1. The molecule has 178 valence electrons. The van der Waals surface area contributed by atoms with Crippen LogP contribution in [0.4, 0.5) is 5.69 Å². The summed E-state index contributed by atoms with van der Waals surface area (Å²) in [6.45, 7) is 0.947. The molecule has 0 amide bonds. The van der Waals surface area contributed by atoms with Gasteiger partial charge in [-0.15, -0.1) is 0 Å². The van der Waals surface area contributed by atoms with Crippen LogP contribution >= 0.6 is 23.8 Å². The highest BCUT2D eigenvalue weighted by molar-refractivity contribution is 7.80. The number of hydrogen-bond donors (Lipinski definition) is 1. The fraction of sp³-hybridized carbons (Fsp3) is 0.385. The summed E-state index contributed by atoms with van der Waals surface area (Å²) in [5.41, 5.74) is 3.07. The third-order valence-electron chi connectivity index (χ3n) is 6.66. The van der Waals surface area contributed by atoms with Crippen LogP contribution in [0.15, 0.2) is 61.1 Å². The van der Waals surface area contributed by atoms with Crippen LogP contribution in [-0.2, 0) is 4.74 Å². The molecule has 0 radical (unpaired) electrons. The number of methoxy groups -OCH3 is 1. The summed E-state index contributed by atoms with van der Waals surface area (Å²) in [4.78, 5) is 6.79. The average molecular weight is 497 g/mol. The summed E-state index contributed by atoms with van der Waals surface area (Å²) in [7, 11) is 1.65. The standard InChI is InChI=1S/C26H29ClN4O2S/c1-32-14-15-33-23-10-9-20(16-21(23)27)31-25(18-11-13-30(17-18)19-6-2-3-7-19)24(29-26(31)34)22-8-4-5-12-28-22/h4-5,8-13,16-17,19,24-25H,2-3,6-7,14-15H2,1H3,(H,29,34)/t24-,25+/m1/s1. The molecule has 2 atom stereocenters. The smallest absolute Gasteiger partial charge is 0.174 e. The first kappa shape index (κ1) is 23.1. The number of thiocarbonyl (C=S) groups is 1. The third kappa shape index (κ3) is 4.65. The summed E-state index contributed by atoms with van der Waals surface area (Å²) in [5, 5.41) is 4.71. The number of nitrogens with zero attached hydrogens (tertiary/aromatic N) is 3. The van der Waals surface area contributed by atoms with Crippen LogP contribution < -0.4 is 15.0 Å². The zero-order valence-electron chi connectivity index (χ0n) is 19.2. The summed E-state index contributed by atoms with van der Waals surface area (Å²) in [6, 6.07) is 14.5. The molecule has 1 aliphatic heterocycles. The molecule has 8 heteroatoms. The molecule has 2 aromatic heterocycles. The number of anilines is 1. The second kappa shape index (κ2) is 10.3. The SMILES string of the molecule is COCCOc1ccc(N2C(=S)N[C@H](c3ccccn3)[C@@H]2c2ccn(C3CCCC3)c2)cc1Cl. The Hall–Kier alpha value is -2.61. The van der Waals surface area contributed by atoms with Gasteiger partial charge in [0, 0.05) is 37.4 Å². The minimum atomic E-state index is -0.0791. The summed E-state index contributed by atoms with van der Waals surface area (Å²) in [5.74, 6) is 0.630. The first-order valence-corrected chi connectivity index (χ1v) is 12.5. The van der Waals surface area contributed by atoms with Crippen molar-refractivity contribution in [3.05, 3.63) is 77.3 Å². The van der Waals surface area contributed by atoms with E-state index in [1.54, 1.807) is 7.11 Å². The van der Waals surface area contributed by atoms with Crippen molar-refractivity contribution < 1.29 is 9.47 Å². The Labute approximate surface area is 210 Å². The molecule has 34 heavy (non-hydrogen) atoms. The van der Waals surface area contributed by atoms with Crippen molar-refractivity contribution in [3.63, 3.8) is 0 Å². The van der Waals surface area contributed by atoms with Gasteiger partial charge < -0.3 is 24.3 Å². The van der Waals surface area contributed by atoms with E-state index in [4.69, 9.17) is 33.3 Å². The highest BCUT2D eigenvalue weighted by atomic mass is 35.5. The highest BCUT2D eigenvalue weighted by Crippen LogP contribution is 2.43. The lowest BCUT2D eigenvalue weighted by molar-refractivity contribution is 0.146. The van der Waals surface area contributed by atoms with Crippen molar-refractivity contribution in [1.29, 1.82) is 0 Å². The number of ether oxygens (including phenoxy) is 2. The van der Waals surface area contributed by atoms with Gasteiger partial charge in [0.05, 0.1) is 29.4 Å². The number of hydrogen-bond acceptors (Lipinski definition) is 4. The van der Waals surface area contributed by atoms with Gasteiger partial charge in [0.1, 0.15) is 12.4 Å². The molecule has 3 heterocycles. The van der Waals surface area contributed by atoms with Crippen LogP contribution in [0.2, 0.25) is 5.02 Å². The molecule has 1 aliphatic carbocycles. The number of halogens is 1. The van der Waals surface area contributed by atoms with Gasteiger partial charge in [-0.2, -0.15) is 0 Å². The molecule has 3 aromatic rings. The highest BCUT2D eigenvalue weighted by Gasteiger charge is 2.41. The van der Waals surface area contributed by atoms with E-state index < -0.39 is 0 Å². The van der Waals surface area contributed by atoms with Gasteiger partial charge in [-0.3, -0.25) is 4.98 Å². The van der Waals surface area contributed by atoms with E-state index >= 15 is 0 Å². The quantitative estimate of drug-likeness (QED) is 0.311. The van der Waals surface area contributed by atoms with Crippen molar-refractivity contribution in [1.82, 2.24) is 14.9 Å². The number of aromatic nitrogens is 2. The summed E-state index contributed by atoms with van der Waals surface area (Å²) >= 11 is 12.4. The maximum Gasteiger partial charge on any atom is 0.174 e. The summed E-state index contributed by atoms with van der Waals surface area (Å²) < 4.78 is 13.2. The predicted molar refractivity (Wildman–Crippen MR) is 139 cm³/mol. The molecule has 1 saturated carbocycles. The van der Waals surface area contributed by atoms with Crippen molar-refractivity contribution in [2.45, 2.75) is 43.8 Å². The molecule has 2 aliphatic rings. The van der Waals surface area contributed by atoms with Crippen LogP contribution in [0.1, 0.15) is 55.1 Å². The fourth-order valence-corrected chi connectivity index (χ4v) is 5.57. The molecule has 0 bridgehead atoms. The van der Waals surface area contributed by atoms with Crippen molar-refractivity contribution >= 4 is 34.6 Å². The van der Waals surface area contributed by atoms with Gasteiger partial charge in [-0.1, -0.05) is 30.5 Å². The second-order valence-corrected chi connectivity index (χ2v) is 9.58. The van der Waals surface area contributed by atoms with Crippen molar-refractivity contribution in [2.75, 3.05) is 25.2 Å². The molecular weight excluding hydrogens is 468 g/mol. The van der Waals surface area contributed by atoms with Gasteiger partial charge in [0.25, 0.3) is 0 Å². The number of benzene rings is 1. The van der Waals surface area contributed by atoms with Gasteiger partial charge in [0.15, 0.2) is 5.11 Å². The Morgan fingerprint density at radius 2 is 2.00 bits per heavy atom. The first-order valence-electron chi connectivity index (χ1n) is 11.7. The van der Waals surface area contributed by atoms with Crippen LogP contribution in [0.3, 0.4) is 0 Å². The monoisotopic (exact) mass is 496 g/mol. The number of rotatable bonds is 8. The van der Waals surface area contributed by atoms with E-state index in [2.05, 4.69) is 38.2 Å². The molecular formula is C26H29ClN4O2S. The average Bonchev–Trinajstić information content (AvgIpc) is 3.60. The Morgan fingerprint density at radius 3 is 2.74 bits per heavy atom. The topological polar surface area (TPSA) is 51.6 Å². The van der Waals surface area contributed by atoms with Crippen LogP contribution in [0.25, 0.3) is 0 Å². The lowest BCUT2D eigenvalue weighted by Gasteiger charge is -2.27. The molecule has 1 saturated heterocycles. The van der Waals surface area contributed by atoms with Gasteiger partial charge in [-0.25, -0.2) is 0 Å². The van der Waals surface area contributed by atoms with E-state index in [1.807, 2.05) is 42.6 Å². The molecule has 5 rings (SSSR count). The largest absolute Gasteiger partial charge is 0.490 e. The van der Waals surface area contributed by atoms with Gasteiger partial charge in [0.2, 0.25) is 0 Å². The molecule has 1 aromatic carbocycles. The molecule has 6 nitrogen and oxygen atoms in total. The van der Waals surface area contributed by atoms with E-state index in [9.17, 15) is 0 Å². The van der Waals surface area contributed by atoms with E-state index in [0.717, 1.165) is 11.4 Å². The molecule has 1 N–H and O–H groups in total. The zero-order chi connectivity index (χ0) is 23.5. The Morgan fingerprint density at radius 1 is 1.15 bits per heavy atom. The van der Waals surface area contributed by atoms with Crippen molar-refractivity contribution in [3.8, 4) is 5.75 Å². The van der Waals surface area contributed by atoms with E-state index in [-0.39, 0.29) is 12.1 Å². The second-order valence-electron chi connectivity index (χ2n) is 8.78. The maximum absolute atomic E-state index is 6.60. The number of nitrogens with one attached hydrogen (secondary N) is 1. The van der Waals surface area contributed by atoms with Crippen LogP contribution in [0, 0.1) is 0 Å². The Balaban J connectivity index is 1.50. The predicted octanol–water partition coefficient (Wildman–Crippen LogP) is 5.85. The van der Waals surface area contributed by atoms with E-state index in [1.165, 1.54) is 31.2 Å². The van der Waals surface area contributed by atoms with Gasteiger partial charge >= 0.3 is 0 Å². The van der Waals surface area contributed by atoms with Crippen LogP contribution in [-0.4, -0.2) is 35.0 Å². The first-order chi connectivity index (χ1) is 16.7. The zero-order valence-corrected chi connectivity index (χ0v) is 20.8. The molecule has 0 unspecified atom stereocenters. The Kier molecular flexibility index (Phi) is 7.04. The summed E-state index contributed by atoms with van der Waals surface area (Å²) in [6.07, 6.45) is 11.4. The van der Waals surface area contributed by atoms with Gasteiger partial charge in [-0.05, 0) is 67.0 Å². The molecule has 0 spiro atoms. The molecule has 2 fully saturated rings. The lowest BCUT2D eigenvalue weighted by Crippen LogP contribution is -2.29. The minimum Gasteiger partial charge on any atom is -0.490 e. The van der Waals surface area contributed by atoms with Crippen molar-refractivity contribution in [2.24, 2.45) is 0 Å². The maximum atomic E-state index is 6.60. The van der Waals surface area contributed by atoms with Crippen LogP contribution in [0.5, 0.6) is 5.75 Å². The third-order valence-corrected chi connectivity index (χ3v) is 7.27. The normalized spacial score (nSPS) is 20.6. The van der Waals surface area contributed by atoms with E-state index in [0.29, 0.717) is 35.1 Å². The minimum absolute atomic E-state index is 0.0543. The lowest BCUT2D eigenvalue weighted by atomic mass is 9.98.